The van der Waals surface area contributed by atoms with Gasteiger partial charge in [-0.2, -0.15) is 0 Å². The van der Waals surface area contributed by atoms with Gasteiger partial charge in [-0.3, -0.25) is 9.63 Å². The summed E-state index contributed by atoms with van der Waals surface area (Å²) in [6.45, 7) is 0.616. The number of carbonyl (C=O) groups is 1. The molecule has 0 spiro atoms. The summed E-state index contributed by atoms with van der Waals surface area (Å²) in [4.78, 5) is 21.9. The predicted molar refractivity (Wildman–Crippen MR) is 114 cm³/mol. The first-order chi connectivity index (χ1) is 14.7. The van der Waals surface area contributed by atoms with Crippen LogP contribution in [-0.2, 0) is 9.68 Å². The maximum atomic E-state index is 14.8. The molecule has 0 aromatic heterocycles. The van der Waals surface area contributed by atoms with Crippen LogP contribution in [0.1, 0.15) is 22.8 Å². The van der Waals surface area contributed by atoms with E-state index in [0.29, 0.717) is 3.57 Å². The van der Waals surface area contributed by atoms with E-state index in [1.807, 2.05) is 28.1 Å². The Morgan fingerprint density at radius 3 is 2.68 bits per heavy atom. The Morgan fingerprint density at radius 2 is 2.03 bits per heavy atom. The second kappa shape index (κ2) is 11.8. The SMILES string of the molecule is CC(O)CO/N=C\c1cc(C(=O)NOCCO)c(Nc2ccc(I)cc2F)c(F)c1F. The minimum Gasteiger partial charge on any atom is -0.394 e. The van der Waals surface area contributed by atoms with Crippen molar-refractivity contribution in [1.82, 2.24) is 5.48 Å². The van der Waals surface area contributed by atoms with Gasteiger partial charge in [-0.15, -0.1) is 0 Å². The van der Waals surface area contributed by atoms with E-state index in [1.54, 1.807) is 0 Å². The smallest absolute Gasteiger partial charge is 0.277 e. The number of hydrogen-bond donors (Lipinski definition) is 4. The zero-order valence-electron chi connectivity index (χ0n) is 16.2. The largest absolute Gasteiger partial charge is 0.394 e. The van der Waals surface area contributed by atoms with Crippen molar-refractivity contribution in [1.29, 1.82) is 0 Å². The summed E-state index contributed by atoms with van der Waals surface area (Å²) in [6, 6.07) is 4.96. The Balaban J connectivity index is 2.45. The summed E-state index contributed by atoms with van der Waals surface area (Å²) < 4.78 is 44.2. The fourth-order valence-corrected chi connectivity index (χ4v) is 2.68. The van der Waals surface area contributed by atoms with E-state index in [0.717, 1.165) is 12.3 Å². The van der Waals surface area contributed by atoms with Crippen LogP contribution in [0.3, 0.4) is 0 Å². The van der Waals surface area contributed by atoms with E-state index < -0.39 is 52.9 Å². The van der Waals surface area contributed by atoms with Gasteiger partial charge in [0.15, 0.2) is 11.6 Å². The molecular formula is C19H19F3IN3O5. The van der Waals surface area contributed by atoms with Gasteiger partial charge >= 0.3 is 0 Å². The second-order valence-corrected chi connectivity index (χ2v) is 7.39. The van der Waals surface area contributed by atoms with Gasteiger partial charge in [-0.1, -0.05) is 5.16 Å². The molecule has 31 heavy (non-hydrogen) atoms. The zero-order valence-corrected chi connectivity index (χ0v) is 18.3. The van der Waals surface area contributed by atoms with Crippen LogP contribution >= 0.6 is 22.6 Å². The van der Waals surface area contributed by atoms with Crippen molar-refractivity contribution >= 4 is 46.1 Å². The molecule has 1 atom stereocenters. The van der Waals surface area contributed by atoms with Crippen LogP contribution in [0, 0.1) is 21.0 Å². The molecule has 2 rings (SSSR count). The van der Waals surface area contributed by atoms with Gasteiger partial charge in [0.25, 0.3) is 5.91 Å². The Morgan fingerprint density at radius 1 is 1.29 bits per heavy atom. The molecule has 0 saturated carbocycles. The number of nitrogens with zero attached hydrogens (tertiary/aromatic N) is 1. The number of amides is 1. The lowest BCUT2D eigenvalue weighted by molar-refractivity contribution is 0.0168. The minimum atomic E-state index is -1.47. The van der Waals surface area contributed by atoms with Crippen molar-refractivity contribution in [2.45, 2.75) is 13.0 Å². The predicted octanol–water partition coefficient (Wildman–Crippen LogP) is 2.84. The molecule has 4 N–H and O–H groups in total. The van der Waals surface area contributed by atoms with Gasteiger partial charge in [-0.05, 0) is 53.8 Å². The Labute approximate surface area is 189 Å². The fourth-order valence-electron chi connectivity index (χ4n) is 2.23. The summed E-state index contributed by atoms with van der Waals surface area (Å²) in [5.41, 5.74) is 0.285. The topological polar surface area (TPSA) is 112 Å². The zero-order chi connectivity index (χ0) is 23.0. The third-order valence-corrected chi connectivity index (χ3v) is 4.28. The van der Waals surface area contributed by atoms with E-state index in [1.165, 1.54) is 25.1 Å². The quantitative estimate of drug-likeness (QED) is 0.156. The van der Waals surface area contributed by atoms with Crippen LogP contribution in [0.4, 0.5) is 24.5 Å². The van der Waals surface area contributed by atoms with Crippen molar-refractivity contribution in [2.24, 2.45) is 5.16 Å². The molecule has 2 aromatic rings. The molecule has 168 valence electrons. The molecule has 0 aliphatic rings. The number of carbonyl (C=O) groups excluding carboxylic acids is 1. The van der Waals surface area contributed by atoms with Crippen LogP contribution in [0.25, 0.3) is 0 Å². The number of halogens is 4. The molecule has 8 nitrogen and oxygen atoms in total. The molecule has 0 bridgehead atoms. The summed E-state index contributed by atoms with van der Waals surface area (Å²) in [5.74, 6) is -4.57. The number of nitrogens with one attached hydrogen (secondary N) is 2. The first kappa shape index (κ1) is 24.8. The van der Waals surface area contributed by atoms with Crippen molar-refractivity contribution < 1.29 is 37.9 Å². The van der Waals surface area contributed by atoms with Crippen LogP contribution in [0.2, 0.25) is 0 Å². The summed E-state index contributed by atoms with van der Waals surface area (Å²) in [7, 11) is 0. The molecule has 2 aromatic carbocycles. The van der Waals surface area contributed by atoms with Gasteiger partial charge in [0.05, 0.1) is 42.5 Å². The Kier molecular flexibility index (Phi) is 9.48. The van der Waals surface area contributed by atoms with Gasteiger partial charge in [0, 0.05) is 9.13 Å². The number of aliphatic hydroxyl groups is 2. The molecule has 1 unspecified atom stereocenters. The lowest BCUT2D eigenvalue weighted by atomic mass is 10.1. The molecule has 0 saturated heterocycles. The second-order valence-electron chi connectivity index (χ2n) is 6.15. The summed E-state index contributed by atoms with van der Waals surface area (Å²) in [5, 5.41) is 23.7. The van der Waals surface area contributed by atoms with Crippen LogP contribution < -0.4 is 10.8 Å². The highest BCUT2D eigenvalue weighted by Crippen LogP contribution is 2.30. The number of benzene rings is 2. The molecule has 12 heteroatoms. The fraction of sp³-hybridized carbons (Fsp3) is 0.263. The highest BCUT2D eigenvalue weighted by molar-refractivity contribution is 14.1. The standard InChI is InChI=1S/C19H19F3IN3O5/c1-10(28)9-31-24-8-11-6-13(19(29)26-30-5-4-27)18(17(22)16(11)21)25-15-3-2-12(23)7-14(15)20/h2-3,6-8,10,25,27-28H,4-5,9H2,1H3,(H,26,29)/b24-8-. The average Bonchev–Trinajstić information content (AvgIpc) is 2.71. The minimum absolute atomic E-state index is 0.186. The van der Waals surface area contributed by atoms with E-state index in [9.17, 15) is 18.0 Å². The maximum absolute atomic E-state index is 14.8. The third kappa shape index (κ3) is 7.05. The normalized spacial score (nSPS) is 12.1. The van der Waals surface area contributed by atoms with Gasteiger partial charge in [-0.25, -0.2) is 18.7 Å². The highest BCUT2D eigenvalue weighted by atomic mass is 127. The Hall–Kier alpha value is -2.42. The van der Waals surface area contributed by atoms with Gasteiger partial charge < -0.3 is 20.4 Å². The van der Waals surface area contributed by atoms with Crippen molar-refractivity contribution in [3.8, 4) is 0 Å². The van der Waals surface area contributed by atoms with Crippen molar-refractivity contribution in [2.75, 3.05) is 25.1 Å². The van der Waals surface area contributed by atoms with E-state index in [4.69, 9.17) is 19.9 Å². The van der Waals surface area contributed by atoms with Crippen molar-refractivity contribution in [3.63, 3.8) is 0 Å². The number of hydrogen-bond acceptors (Lipinski definition) is 7. The number of anilines is 2. The number of hydroxylamine groups is 1. The molecule has 0 radical (unpaired) electrons. The summed E-state index contributed by atoms with van der Waals surface area (Å²) in [6.07, 6.45) is -0.0133. The van der Waals surface area contributed by atoms with Gasteiger partial charge in [0.1, 0.15) is 12.4 Å². The van der Waals surface area contributed by atoms with E-state index >= 15 is 0 Å². The maximum Gasteiger partial charge on any atom is 0.277 e. The first-order valence-electron chi connectivity index (χ1n) is 8.85. The molecule has 1 amide bonds. The van der Waals surface area contributed by atoms with Crippen LogP contribution in [0.15, 0.2) is 29.4 Å². The lowest BCUT2D eigenvalue weighted by Gasteiger charge is -2.15. The van der Waals surface area contributed by atoms with Crippen LogP contribution in [-0.4, -0.2) is 48.3 Å². The van der Waals surface area contributed by atoms with Gasteiger partial charge in [0.2, 0.25) is 0 Å². The average molecular weight is 553 g/mol. The summed E-state index contributed by atoms with van der Waals surface area (Å²) >= 11 is 1.88. The molecule has 0 aliphatic carbocycles. The Bertz CT molecular complexity index is 960. The first-order valence-corrected chi connectivity index (χ1v) is 9.93. The van der Waals surface area contributed by atoms with E-state index in [-0.39, 0.29) is 18.9 Å². The number of rotatable bonds is 10. The number of aliphatic hydroxyl groups excluding tert-OH is 2. The monoisotopic (exact) mass is 553 g/mol. The number of oxime groups is 1. The molecule has 0 fully saturated rings. The molecular weight excluding hydrogens is 534 g/mol. The van der Waals surface area contributed by atoms with Crippen LogP contribution in [0.5, 0.6) is 0 Å². The molecule has 0 heterocycles. The molecule has 0 aliphatic heterocycles. The van der Waals surface area contributed by atoms with E-state index in [2.05, 4.69) is 10.5 Å². The highest BCUT2D eigenvalue weighted by Gasteiger charge is 2.23. The third-order valence-electron chi connectivity index (χ3n) is 3.61. The lowest BCUT2D eigenvalue weighted by Crippen LogP contribution is -2.26. The van der Waals surface area contributed by atoms with Crippen molar-refractivity contribution in [3.05, 3.63) is 56.4 Å².